The van der Waals surface area contributed by atoms with Crippen molar-refractivity contribution < 1.29 is 4.74 Å². The van der Waals surface area contributed by atoms with Crippen LogP contribution in [0.5, 0.6) is 0 Å². The molecule has 0 atom stereocenters. The Morgan fingerprint density at radius 2 is 1.39 bits per heavy atom. The van der Waals surface area contributed by atoms with Crippen molar-refractivity contribution in [2.75, 3.05) is 6.54 Å². The predicted octanol–water partition coefficient (Wildman–Crippen LogP) is 3.05. The number of hydrogen-bond donors (Lipinski definition) is 1. The van der Waals surface area contributed by atoms with Crippen LogP contribution in [0.4, 0.5) is 0 Å². The summed E-state index contributed by atoms with van der Waals surface area (Å²) >= 11 is 0. The standard InChI is InChI=1S/C16H17NO/c1-2-18-16(13-17,14-9-5-3-6-10-14)15-11-7-4-8-12-15/h2-12H,1,13,17H2. The van der Waals surface area contributed by atoms with Crippen molar-refractivity contribution in [3.8, 4) is 0 Å². The second-order valence-electron chi connectivity index (χ2n) is 4.05. The van der Waals surface area contributed by atoms with Gasteiger partial charge in [0.25, 0.3) is 0 Å². The highest BCUT2D eigenvalue weighted by Crippen LogP contribution is 2.32. The summed E-state index contributed by atoms with van der Waals surface area (Å²) in [6, 6.07) is 19.9. The summed E-state index contributed by atoms with van der Waals surface area (Å²) in [7, 11) is 0. The second kappa shape index (κ2) is 5.52. The molecule has 0 bridgehead atoms. The summed E-state index contributed by atoms with van der Waals surface area (Å²) in [6.45, 7) is 4.02. The normalized spacial score (nSPS) is 10.9. The number of rotatable bonds is 5. The third-order valence-electron chi connectivity index (χ3n) is 3.05. The second-order valence-corrected chi connectivity index (χ2v) is 4.05. The Morgan fingerprint density at radius 1 is 0.944 bits per heavy atom. The molecule has 0 unspecified atom stereocenters. The van der Waals surface area contributed by atoms with Crippen LogP contribution in [0.2, 0.25) is 0 Å². The first-order chi connectivity index (χ1) is 8.83. The summed E-state index contributed by atoms with van der Waals surface area (Å²) in [6.07, 6.45) is 1.45. The van der Waals surface area contributed by atoms with E-state index in [1.54, 1.807) is 0 Å². The number of hydrogen-bond acceptors (Lipinski definition) is 2. The topological polar surface area (TPSA) is 35.2 Å². The lowest BCUT2D eigenvalue weighted by molar-refractivity contribution is 0.0670. The molecule has 2 aromatic carbocycles. The molecule has 0 radical (unpaired) electrons. The van der Waals surface area contributed by atoms with Gasteiger partial charge >= 0.3 is 0 Å². The van der Waals surface area contributed by atoms with E-state index < -0.39 is 5.60 Å². The zero-order valence-corrected chi connectivity index (χ0v) is 10.3. The van der Waals surface area contributed by atoms with Gasteiger partial charge in [-0.2, -0.15) is 0 Å². The molecule has 2 heteroatoms. The molecule has 2 nitrogen and oxygen atoms in total. The first-order valence-corrected chi connectivity index (χ1v) is 5.93. The van der Waals surface area contributed by atoms with Gasteiger partial charge in [0, 0.05) is 17.7 Å². The molecular weight excluding hydrogens is 222 g/mol. The highest BCUT2D eigenvalue weighted by atomic mass is 16.5. The molecule has 0 aliphatic carbocycles. The molecule has 0 saturated heterocycles. The monoisotopic (exact) mass is 239 g/mol. The molecule has 0 aliphatic rings. The lowest BCUT2D eigenvalue weighted by atomic mass is 9.86. The van der Waals surface area contributed by atoms with E-state index in [2.05, 4.69) is 6.58 Å². The summed E-state index contributed by atoms with van der Waals surface area (Å²) in [5.74, 6) is 0. The first-order valence-electron chi connectivity index (χ1n) is 5.93. The molecule has 2 N–H and O–H groups in total. The smallest absolute Gasteiger partial charge is 0.170 e. The van der Waals surface area contributed by atoms with Gasteiger partial charge in [-0.05, 0) is 0 Å². The van der Waals surface area contributed by atoms with Crippen LogP contribution in [0, 0.1) is 0 Å². The van der Waals surface area contributed by atoms with Gasteiger partial charge in [0.1, 0.15) is 0 Å². The number of benzene rings is 2. The third-order valence-corrected chi connectivity index (χ3v) is 3.05. The minimum Gasteiger partial charge on any atom is -0.485 e. The van der Waals surface area contributed by atoms with Crippen LogP contribution < -0.4 is 5.73 Å². The Balaban J connectivity index is 2.57. The Morgan fingerprint density at radius 3 is 1.72 bits per heavy atom. The van der Waals surface area contributed by atoms with Crippen LogP contribution in [0.25, 0.3) is 0 Å². The van der Waals surface area contributed by atoms with Crippen molar-refractivity contribution in [3.05, 3.63) is 84.6 Å². The fourth-order valence-electron chi connectivity index (χ4n) is 2.14. The number of ether oxygens (including phenoxy) is 1. The van der Waals surface area contributed by atoms with Crippen molar-refractivity contribution in [1.29, 1.82) is 0 Å². The molecule has 0 heterocycles. The SMILES string of the molecule is C=COC(CN)(c1ccccc1)c1ccccc1. The molecule has 2 rings (SSSR count). The van der Waals surface area contributed by atoms with Crippen LogP contribution in [0.3, 0.4) is 0 Å². The molecular formula is C16H17NO. The van der Waals surface area contributed by atoms with E-state index in [9.17, 15) is 0 Å². The van der Waals surface area contributed by atoms with Crippen molar-refractivity contribution in [3.63, 3.8) is 0 Å². The van der Waals surface area contributed by atoms with Gasteiger partial charge in [0.2, 0.25) is 0 Å². The Hall–Kier alpha value is -2.06. The zero-order chi connectivity index (χ0) is 12.8. The van der Waals surface area contributed by atoms with Crippen LogP contribution in [0.1, 0.15) is 11.1 Å². The molecule has 92 valence electrons. The van der Waals surface area contributed by atoms with Crippen LogP contribution in [0.15, 0.2) is 73.5 Å². The van der Waals surface area contributed by atoms with E-state index in [1.807, 2.05) is 60.7 Å². The van der Waals surface area contributed by atoms with Gasteiger partial charge in [0.15, 0.2) is 5.60 Å². The summed E-state index contributed by atoms with van der Waals surface area (Å²) < 4.78 is 5.79. The van der Waals surface area contributed by atoms with E-state index in [1.165, 1.54) is 6.26 Å². The maximum absolute atomic E-state index is 5.99. The van der Waals surface area contributed by atoms with E-state index >= 15 is 0 Å². The van der Waals surface area contributed by atoms with Gasteiger partial charge in [-0.15, -0.1) is 0 Å². The molecule has 0 saturated carbocycles. The average Bonchev–Trinajstić information content (AvgIpc) is 2.47. The maximum atomic E-state index is 5.99. The summed E-state index contributed by atoms with van der Waals surface area (Å²) in [5, 5.41) is 0. The Kier molecular flexibility index (Phi) is 3.80. The van der Waals surface area contributed by atoms with Crippen molar-refractivity contribution in [2.24, 2.45) is 5.73 Å². The molecule has 0 aliphatic heterocycles. The molecule has 0 spiro atoms. The summed E-state index contributed by atoms with van der Waals surface area (Å²) in [4.78, 5) is 0. The lowest BCUT2D eigenvalue weighted by Crippen LogP contribution is -2.37. The molecule has 0 aromatic heterocycles. The third kappa shape index (κ3) is 2.15. The first kappa shape index (κ1) is 12.4. The predicted molar refractivity (Wildman–Crippen MR) is 74.0 cm³/mol. The van der Waals surface area contributed by atoms with E-state index in [4.69, 9.17) is 10.5 Å². The van der Waals surface area contributed by atoms with Crippen LogP contribution in [-0.4, -0.2) is 6.54 Å². The molecule has 0 fully saturated rings. The van der Waals surface area contributed by atoms with Gasteiger partial charge in [-0.3, -0.25) is 0 Å². The summed E-state index contributed by atoms with van der Waals surface area (Å²) in [5.41, 5.74) is 7.38. The van der Waals surface area contributed by atoms with Crippen molar-refractivity contribution in [2.45, 2.75) is 5.60 Å². The minimum atomic E-state index is -0.662. The lowest BCUT2D eigenvalue weighted by Gasteiger charge is -2.32. The Bertz CT molecular complexity index is 454. The zero-order valence-electron chi connectivity index (χ0n) is 10.3. The highest BCUT2D eigenvalue weighted by molar-refractivity contribution is 5.37. The van der Waals surface area contributed by atoms with Gasteiger partial charge < -0.3 is 10.5 Å². The van der Waals surface area contributed by atoms with Crippen molar-refractivity contribution in [1.82, 2.24) is 0 Å². The van der Waals surface area contributed by atoms with Gasteiger partial charge in [-0.1, -0.05) is 67.2 Å². The van der Waals surface area contributed by atoms with E-state index in [0.29, 0.717) is 6.54 Å². The number of nitrogens with two attached hydrogens (primary N) is 1. The Labute approximate surface area is 108 Å². The highest BCUT2D eigenvalue weighted by Gasteiger charge is 2.33. The van der Waals surface area contributed by atoms with Crippen LogP contribution >= 0.6 is 0 Å². The molecule has 2 aromatic rings. The fraction of sp³-hybridized carbons (Fsp3) is 0.125. The fourth-order valence-corrected chi connectivity index (χ4v) is 2.14. The average molecular weight is 239 g/mol. The van der Waals surface area contributed by atoms with Gasteiger partial charge in [-0.25, -0.2) is 0 Å². The quantitative estimate of drug-likeness (QED) is 0.814. The van der Waals surface area contributed by atoms with Crippen molar-refractivity contribution >= 4 is 0 Å². The maximum Gasteiger partial charge on any atom is 0.170 e. The van der Waals surface area contributed by atoms with E-state index in [0.717, 1.165) is 11.1 Å². The van der Waals surface area contributed by atoms with Crippen LogP contribution in [-0.2, 0) is 10.3 Å². The molecule has 18 heavy (non-hydrogen) atoms. The van der Waals surface area contributed by atoms with E-state index in [-0.39, 0.29) is 0 Å². The molecule has 0 amide bonds. The minimum absolute atomic E-state index is 0.354. The largest absolute Gasteiger partial charge is 0.485 e. The van der Waals surface area contributed by atoms with Gasteiger partial charge in [0.05, 0.1) is 6.26 Å².